The molecule has 4 aliphatic heterocycles. The summed E-state index contributed by atoms with van der Waals surface area (Å²) in [4.78, 5) is 38.0. The number of rotatable bonds is 12. The van der Waals surface area contributed by atoms with Gasteiger partial charge in [-0.2, -0.15) is 0 Å². The van der Waals surface area contributed by atoms with E-state index < -0.39 is 10.4 Å². The molecule has 4 aliphatic rings. The van der Waals surface area contributed by atoms with Crippen LogP contribution in [0.2, 0.25) is 21.9 Å². The number of nitrogens with zero attached hydrogens (tertiary/aromatic N) is 6. The second-order valence-electron chi connectivity index (χ2n) is 19.0. The van der Waals surface area contributed by atoms with E-state index in [4.69, 9.17) is 85.8 Å². The molecule has 9 aromatic rings. The first kappa shape index (κ1) is 45.0. The first-order valence-electron chi connectivity index (χ1n) is 23.8. The van der Waals surface area contributed by atoms with Crippen LogP contribution in [0, 0.1) is 0 Å². The molecule has 16 radical (unpaired) electrons. The SMILES string of the molecule is [B][11B]C1[11B]([B])C1([11B][B])Cc1ccc(Oc2cc3c4nc5nc(nc6[nH]c(nc7nc(nc([nH]4)c3cc2Oc2ccc(CC3([11B][B])[11B]([B])C3[11B][B])cc2)-c2ccccc2-7)c2ccccc62)-c2ccccc2-5)cc1. The van der Waals surface area contributed by atoms with Crippen molar-refractivity contribution in [2.75, 3.05) is 0 Å². The number of fused-ring (bicyclic) bond motifs is 20. The maximum Gasteiger partial charge on any atom is 0.170 e. The maximum atomic E-state index is 6.80. The molecule has 8 bridgehead atoms. The van der Waals surface area contributed by atoms with Crippen molar-refractivity contribution < 1.29 is 9.47 Å². The fourth-order valence-corrected chi connectivity index (χ4v) is 10.8. The Kier molecular flexibility index (Phi) is 10.9. The highest BCUT2D eigenvalue weighted by molar-refractivity contribution is 7.29. The van der Waals surface area contributed by atoms with Crippen LogP contribution in [-0.4, -0.2) is 128 Å². The molecular weight excluding hydrogens is 876 g/mol. The van der Waals surface area contributed by atoms with Crippen LogP contribution in [0.5, 0.6) is 23.0 Å². The van der Waals surface area contributed by atoms with Crippen molar-refractivity contribution in [2.24, 2.45) is 0 Å². The highest BCUT2D eigenvalue weighted by Gasteiger charge is 2.59. The van der Waals surface area contributed by atoms with Crippen molar-refractivity contribution in [3.63, 3.8) is 0 Å². The molecule has 2 fully saturated rings. The van der Waals surface area contributed by atoms with Crippen LogP contribution in [0.3, 0.4) is 0 Å². The molecule has 0 amide bonds. The van der Waals surface area contributed by atoms with Crippen LogP contribution in [0.25, 0.3) is 89.7 Å². The predicted molar refractivity (Wildman–Crippen MR) is 298 cm³/mol. The van der Waals surface area contributed by atoms with Crippen LogP contribution < -0.4 is 9.47 Å². The number of nitrogens with one attached hydrogen (secondary N) is 2. The molecule has 4 unspecified atom stereocenters. The quantitative estimate of drug-likeness (QED) is 0.125. The van der Waals surface area contributed by atoms with Gasteiger partial charge in [-0.25, -0.2) is 29.9 Å². The summed E-state index contributed by atoms with van der Waals surface area (Å²) in [5, 5.41) is 2.38. The molecule has 10 nitrogen and oxygen atoms in total. The van der Waals surface area contributed by atoms with E-state index in [0.717, 1.165) is 44.2 Å². The van der Waals surface area contributed by atoms with Gasteiger partial charge in [0, 0.05) is 105 Å². The second-order valence-corrected chi connectivity index (χ2v) is 19.0. The normalized spacial score (nSPS) is 19.3. The van der Waals surface area contributed by atoms with Gasteiger partial charge in [-0.3, -0.25) is 0 Å². The van der Waals surface area contributed by atoms with Crippen LogP contribution in [0.15, 0.2) is 133 Å². The Morgan fingerprint density at radius 2 is 0.778 bits per heavy atom. The third-order valence-electron chi connectivity index (χ3n) is 15.0. The zero-order valence-corrected chi connectivity index (χ0v) is 38.7. The average Bonchev–Trinajstić information content (AvgIpc) is 3.73. The van der Waals surface area contributed by atoms with E-state index in [-0.39, 0.29) is 24.6 Å². The number of hydrogen-bond acceptors (Lipinski definition) is 8. The van der Waals surface area contributed by atoms with Crippen LogP contribution >= 0.6 is 0 Å². The third kappa shape index (κ3) is 7.33. The summed E-state index contributed by atoms with van der Waals surface area (Å²) in [5.74, 6) is 3.95. The molecule has 22 heteroatoms. The third-order valence-corrected chi connectivity index (χ3v) is 15.0. The van der Waals surface area contributed by atoms with Crippen molar-refractivity contribution in [3.8, 4) is 68.5 Å². The summed E-state index contributed by atoms with van der Waals surface area (Å²) < 4.78 is 13.6. The molecule has 3 aromatic heterocycles. The lowest BCUT2D eigenvalue weighted by Crippen LogP contribution is -2.16. The largest absolute Gasteiger partial charge is 0.453 e. The number of ether oxygens (including phenoxy) is 2. The molecule has 2 saturated heterocycles. The predicted octanol–water partition coefficient (Wildman–Crippen LogP) is 7.09. The minimum Gasteiger partial charge on any atom is -0.453 e. The highest BCUT2D eigenvalue weighted by Crippen LogP contribution is 2.62. The molecule has 0 spiro atoms. The van der Waals surface area contributed by atoms with E-state index in [1.54, 1.807) is 28.7 Å². The summed E-state index contributed by atoms with van der Waals surface area (Å²) >= 11 is 0. The lowest BCUT2D eigenvalue weighted by atomic mass is 9.38. The Morgan fingerprint density at radius 3 is 1.10 bits per heavy atom. The van der Waals surface area contributed by atoms with Gasteiger partial charge in [0.1, 0.15) is 34.1 Å². The van der Waals surface area contributed by atoms with Crippen molar-refractivity contribution in [1.29, 1.82) is 0 Å². The van der Waals surface area contributed by atoms with Gasteiger partial charge in [0.25, 0.3) is 0 Å². The zero-order valence-electron chi connectivity index (χ0n) is 38.7. The van der Waals surface area contributed by atoms with Crippen LogP contribution in [-0.2, 0) is 12.8 Å². The van der Waals surface area contributed by atoms with Gasteiger partial charge in [-0.05, 0) is 60.4 Å². The number of aromatic nitrogens is 8. The molecule has 72 heavy (non-hydrogen) atoms. The minimum absolute atomic E-state index is 0.00118. The molecule has 7 heterocycles. The zero-order chi connectivity index (χ0) is 48.9. The van der Waals surface area contributed by atoms with Gasteiger partial charge >= 0.3 is 0 Å². The van der Waals surface area contributed by atoms with Gasteiger partial charge in [-0.1, -0.05) is 97.1 Å². The fraction of sp³-hybridized carbons (Fsp3) is 0.120. The number of H-pyrrole nitrogens is 2. The van der Waals surface area contributed by atoms with E-state index in [0.29, 0.717) is 92.5 Å². The Balaban J connectivity index is 0.999. The summed E-state index contributed by atoms with van der Waals surface area (Å²) in [6.07, 6.45) is 1.26. The summed E-state index contributed by atoms with van der Waals surface area (Å²) in [7, 11) is 43.6. The average molecular weight is 906 g/mol. The summed E-state index contributed by atoms with van der Waals surface area (Å²) in [6.45, 7) is -0.294. The maximum absolute atomic E-state index is 6.80. The Labute approximate surface area is 427 Å². The minimum atomic E-state index is -0.402. The lowest BCUT2D eigenvalue weighted by molar-refractivity contribution is 0.419. The van der Waals surface area contributed by atoms with E-state index in [9.17, 15) is 0 Å². The van der Waals surface area contributed by atoms with Crippen molar-refractivity contribution >= 4 is 132 Å². The monoisotopic (exact) mass is 906 g/mol. The lowest BCUT2D eigenvalue weighted by Gasteiger charge is -2.18. The molecule has 0 aliphatic carbocycles. The molecule has 318 valence electrons. The van der Waals surface area contributed by atoms with Crippen molar-refractivity contribution in [2.45, 2.75) is 34.7 Å². The number of aromatic amines is 2. The van der Waals surface area contributed by atoms with Gasteiger partial charge < -0.3 is 19.4 Å². The molecule has 4 atom stereocenters. The van der Waals surface area contributed by atoms with Gasteiger partial charge in [0.15, 0.2) is 34.8 Å². The summed E-state index contributed by atoms with van der Waals surface area (Å²) in [5.41, 5.74) is 7.61. The van der Waals surface area contributed by atoms with Gasteiger partial charge in [0.2, 0.25) is 0 Å². The van der Waals surface area contributed by atoms with E-state index in [2.05, 4.69) is 9.97 Å². The Morgan fingerprint density at radius 1 is 0.444 bits per heavy atom. The van der Waals surface area contributed by atoms with E-state index in [1.807, 2.05) is 133 Å². The van der Waals surface area contributed by atoms with Gasteiger partial charge in [-0.15, -0.1) is 21.9 Å². The van der Waals surface area contributed by atoms with Crippen molar-refractivity contribution in [3.05, 3.63) is 145 Å². The molecule has 6 aromatic carbocycles. The number of benzene rings is 6. The first-order chi connectivity index (χ1) is 35.2. The van der Waals surface area contributed by atoms with E-state index in [1.165, 1.54) is 0 Å². The van der Waals surface area contributed by atoms with Crippen molar-refractivity contribution in [1.82, 2.24) is 39.9 Å². The topological polar surface area (TPSA) is 127 Å². The second kappa shape index (κ2) is 17.4. The Bertz CT molecular complexity index is 3590. The summed E-state index contributed by atoms with van der Waals surface area (Å²) in [6, 6.07) is 43.4. The van der Waals surface area contributed by atoms with E-state index >= 15 is 0 Å². The Hall–Kier alpha value is -6.94. The number of hydrogen-bond donors (Lipinski definition) is 2. The molecule has 2 N–H and O–H groups in total. The molecule has 0 saturated carbocycles. The van der Waals surface area contributed by atoms with Gasteiger partial charge in [0.05, 0.1) is 27.5 Å². The molecular formula is C50H30B12N8O2. The molecule has 13 rings (SSSR count). The fourth-order valence-electron chi connectivity index (χ4n) is 10.8. The standard InChI is InChI=1S/C50H30B12N8O2/c51-57-47-49(59-53,61(47)55)23-25-13-17-27(18-14-25)71-37-21-35-36(22-38(37)72-28-19-15-26(16-20-28)24-50(60-54)48(58-52)62(50)56)46-69-44-34-12-6-4-10-32(34)42(67-44)65-40-30-8-2-1-7-29(30)39(63-40)64-41-31-9-3-5-11-33(31)43(66-41)68-45(35)70-46/h1-22,47-48H,23-24H2,(H2,63,64,65,66,67,68,69,70)/i57+0,58+0,59+0,60+0,61+0,62+0. The van der Waals surface area contributed by atoms with Crippen LogP contribution in [0.4, 0.5) is 0 Å². The van der Waals surface area contributed by atoms with Crippen LogP contribution in [0.1, 0.15) is 11.1 Å². The highest BCUT2D eigenvalue weighted by atomic mass is 16.5. The first-order valence-corrected chi connectivity index (χ1v) is 23.8. The smallest absolute Gasteiger partial charge is 0.170 e.